The number of hydrogen-bond acceptors (Lipinski definition) is 5. The number of benzene rings is 2. The topological polar surface area (TPSA) is 77.5 Å². The van der Waals surface area contributed by atoms with Gasteiger partial charge in [-0.15, -0.1) is 0 Å². The Morgan fingerprint density at radius 2 is 1.52 bits per heavy atom. The molecular formula is C21H24O5S. The van der Waals surface area contributed by atoms with Crippen LogP contribution in [-0.4, -0.2) is 33.0 Å². The molecule has 0 aliphatic rings. The predicted molar refractivity (Wildman–Crippen MR) is 105 cm³/mol. The third kappa shape index (κ3) is 5.26. The number of hydrogen-bond donors (Lipinski definition) is 0. The maximum Gasteiger partial charge on any atom is 0.338 e. The summed E-state index contributed by atoms with van der Waals surface area (Å²) in [6, 6.07) is 8.09. The first kappa shape index (κ1) is 20.8. The van der Waals surface area contributed by atoms with E-state index in [9.17, 15) is 18.0 Å². The normalized spacial score (nSPS) is 11.3. The van der Waals surface area contributed by atoms with Crippen molar-refractivity contribution in [1.29, 1.82) is 0 Å². The van der Waals surface area contributed by atoms with Gasteiger partial charge < -0.3 is 4.74 Å². The Hall–Kier alpha value is -2.47. The number of ketones is 1. The Balaban J connectivity index is 2.08. The SMILES string of the molecule is Cc1cc(C)c(C(=O)COC(=O)c2ccc(CS(C)(=O)=O)cc2)c(C)c1C. The van der Waals surface area contributed by atoms with Gasteiger partial charge in [-0.3, -0.25) is 4.79 Å². The van der Waals surface area contributed by atoms with E-state index < -0.39 is 15.8 Å². The fraction of sp³-hybridized carbons (Fsp3) is 0.333. The number of ether oxygens (including phenoxy) is 1. The fourth-order valence-corrected chi connectivity index (χ4v) is 3.84. The van der Waals surface area contributed by atoms with Gasteiger partial charge >= 0.3 is 5.97 Å². The molecule has 0 saturated carbocycles. The molecule has 0 spiro atoms. The van der Waals surface area contributed by atoms with Crippen molar-refractivity contribution in [3.8, 4) is 0 Å². The summed E-state index contributed by atoms with van der Waals surface area (Å²) >= 11 is 0. The zero-order valence-electron chi connectivity index (χ0n) is 16.3. The summed E-state index contributed by atoms with van der Waals surface area (Å²) in [4.78, 5) is 24.7. The molecule has 0 aliphatic carbocycles. The van der Waals surface area contributed by atoms with Gasteiger partial charge in [0.25, 0.3) is 0 Å². The van der Waals surface area contributed by atoms with Crippen molar-refractivity contribution in [1.82, 2.24) is 0 Å². The summed E-state index contributed by atoms with van der Waals surface area (Å²) < 4.78 is 27.8. The van der Waals surface area contributed by atoms with E-state index in [4.69, 9.17) is 4.74 Å². The largest absolute Gasteiger partial charge is 0.454 e. The third-order valence-electron chi connectivity index (χ3n) is 4.59. The summed E-state index contributed by atoms with van der Waals surface area (Å²) in [6.45, 7) is 7.38. The molecular weight excluding hydrogens is 364 g/mol. The van der Waals surface area contributed by atoms with Crippen LogP contribution in [0.25, 0.3) is 0 Å². The number of aryl methyl sites for hydroxylation is 2. The minimum Gasteiger partial charge on any atom is -0.454 e. The lowest BCUT2D eigenvalue weighted by molar-refractivity contribution is 0.0474. The van der Waals surface area contributed by atoms with Crippen molar-refractivity contribution >= 4 is 21.6 Å². The minimum absolute atomic E-state index is 0.0911. The quantitative estimate of drug-likeness (QED) is 0.559. The molecule has 0 bridgehead atoms. The summed E-state index contributed by atoms with van der Waals surface area (Å²) in [5.74, 6) is -0.949. The Labute approximate surface area is 160 Å². The highest BCUT2D eigenvalue weighted by Gasteiger charge is 2.18. The molecule has 0 saturated heterocycles. The zero-order valence-corrected chi connectivity index (χ0v) is 17.1. The molecule has 2 aromatic rings. The van der Waals surface area contributed by atoms with Gasteiger partial charge in [-0.2, -0.15) is 0 Å². The number of carbonyl (C=O) groups is 2. The van der Waals surface area contributed by atoms with Crippen molar-refractivity contribution in [2.75, 3.05) is 12.9 Å². The maximum absolute atomic E-state index is 12.6. The third-order valence-corrected chi connectivity index (χ3v) is 5.45. The van der Waals surface area contributed by atoms with Gasteiger partial charge in [-0.25, -0.2) is 13.2 Å². The van der Waals surface area contributed by atoms with E-state index >= 15 is 0 Å². The first-order chi connectivity index (χ1) is 12.5. The van der Waals surface area contributed by atoms with Gasteiger partial charge in [0.05, 0.1) is 11.3 Å². The number of esters is 1. The first-order valence-corrected chi connectivity index (χ1v) is 10.6. The van der Waals surface area contributed by atoms with Crippen molar-refractivity contribution in [3.05, 3.63) is 69.3 Å². The van der Waals surface area contributed by atoms with Crippen LogP contribution in [0.3, 0.4) is 0 Å². The van der Waals surface area contributed by atoms with Crippen molar-refractivity contribution in [2.45, 2.75) is 33.4 Å². The average molecular weight is 388 g/mol. The average Bonchev–Trinajstić information content (AvgIpc) is 2.57. The van der Waals surface area contributed by atoms with Crippen molar-refractivity contribution < 1.29 is 22.7 Å². The number of sulfone groups is 1. The molecule has 0 aliphatic heterocycles. The van der Waals surface area contributed by atoms with Gasteiger partial charge in [-0.05, 0) is 67.6 Å². The standard InChI is InChI=1S/C21H24O5S/c1-13-10-14(2)20(16(4)15(13)3)19(22)11-26-21(23)18-8-6-17(7-9-18)12-27(5,24)25/h6-10H,11-12H2,1-5H3. The van der Waals surface area contributed by atoms with E-state index in [1.165, 1.54) is 12.1 Å². The highest BCUT2D eigenvalue weighted by Crippen LogP contribution is 2.22. The Morgan fingerprint density at radius 1 is 0.926 bits per heavy atom. The van der Waals surface area contributed by atoms with Crippen LogP contribution >= 0.6 is 0 Å². The summed E-state index contributed by atoms with van der Waals surface area (Å²) in [5, 5.41) is 0. The zero-order chi connectivity index (χ0) is 20.4. The molecule has 144 valence electrons. The second-order valence-corrected chi connectivity index (χ2v) is 9.04. The van der Waals surface area contributed by atoms with E-state index in [-0.39, 0.29) is 23.7 Å². The van der Waals surface area contributed by atoms with Crippen LogP contribution in [-0.2, 0) is 20.3 Å². The molecule has 0 amide bonds. The van der Waals surface area contributed by atoms with E-state index in [2.05, 4.69) is 0 Å². The Bertz CT molecular complexity index is 986. The van der Waals surface area contributed by atoms with Crippen LogP contribution in [0.4, 0.5) is 0 Å². The van der Waals surface area contributed by atoms with Crippen LogP contribution < -0.4 is 0 Å². The first-order valence-electron chi connectivity index (χ1n) is 8.54. The van der Waals surface area contributed by atoms with E-state index in [0.717, 1.165) is 28.5 Å². The monoisotopic (exact) mass is 388 g/mol. The molecule has 0 heterocycles. The molecule has 0 radical (unpaired) electrons. The lowest BCUT2D eigenvalue weighted by Gasteiger charge is -2.14. The van der Waals surface area contributed by atoms with Crippen molar-refractivity contribution in [2.24, 2.45) is 0 Å². The number of Topliss-reactive ketones (excluding diaryl/α,β-unsaturated/α-hetero) is 1. The predicted octanol–water partition coefficient (Wildman–Crippen LogP) is 3.50. The van der Waals surface area contributed by atoms with Crippen LogP contribution in [0.1, 0.15) is 48.5 Å². The molecule has 0 N–H and O–H groups in total. The summed E-state index contributed by atoms with van der Waals surface area (Å²) in [5.41, 5.74) is 5.39. The van der Waals surface area contributed by atoms with Crippen LogP contribution in [0, 0.1) is 27.7 Å². The van der Waals surface area contributed by atoms with Crippen LogP contribution in [0.15, 0.2) is 30.3 Å². The minimum atomic E-state index is -3.14. The Kier molecular flexibility index (Phi) is 6.21. The van der Waals surface area contributed by atoms with E-state index in [1.807, 2.05) is 33.8 Å². The molecule has 5 nitrogen and oxygen atoms in total. The molecule has 6 heteroatoms. The smallest absolute Gasteiger partial charge is 0.338 e. The lowest BCUT2D eigenvalue weighted by Crippen LogP contribution is -2.17. The fourth-order valence-electron chi connectivity index (χ4n) is 3.04. The molecule has 0 unspecified atom stereocenters. The van der Waals surface area contributed by atoms with E-state index in [1.54, 1.807) is 12.1 Å². The van der Waals surface area contributed by atoms with Crippen LogP contribution in [0.2, 0.25) is 0 Å². The molecule has 2 rings (SSSR count). The van der Waals surface area contributed by atoms with Crippen molar-refractivity contribution in [3.63, 3.8) is 0 Å². The molecule has 0 fully saturated rings. The summed E-state index contributed by atoms with van der Waals surface area (Å²) in [7, 11) is -3.14. The Morgan fingerprint density at radius 3 is 2.07 bits per heavy atom. The second kappa shape index (κ2) is 8.05. The van der Waals surface area contributed by atoms with Gasteiger partial charge in [0.2, 0.25) is 5.78 Å². The number of carbonyl (C=O) groups excluding carboxylic acids is 2. The molecule has 27 heavy (non-hydrogen) atoms. The maximum atomic E-state index is 12.6. The molecule has 2 aromatic carbocycles. The summed E-state index contributed by atoms with van der Waals surface area (Å²) in [6.07, 6.45) is 1.15. The van der Waals surface area contributed by atoms with Gasteiger partial charge in [0, 0.05) is 11.8 Å². The number of rotatable bonds is 6. The van der Waals surface area contributed by atoms with E-state index in [0.29, 0.717) is 11.1 Å². The second-order valence-electron chi connectivity index (χ2n) is 6.90. The lowest BCUT2D eigenvalue weighted by atomic mass is 9.92. The van der Waals surface area contributed by atoms with Gasteiger partial charge in [-0.1, -0.05) is 18.2 Å². The highest BCUT2D eigenvalue weighted by molar-refractivity contribution is 7.89. The van der Waals surface area contributed by atoms with Crippen LogP contribution in [0.5, 0.6) is 0 Å². The van der Waals surface area contributed by atoms with Gasteiger partial charge in [0.1, 0.15) is 0 Å². The molecule has 0 aromatic heterocycles. The van der Waals surface area contributed by atoms with Gasteiger partial charge in [0.15, 0.2) is 16.4 Å². The highest BCUT2D eigenvalue weighted by atomic mass is 32.2. The molecule has 0 atom stereocenters.